The molecular formula is C20H25N5O3. The second-order valence-corrected chi connectivity index (χ2v) is 6.44. The SMILES string of the molecule is CCOc1ccc(-c2noc(CCC(=O)Nc3ccnn3C(C)CC)n2)cc1. The lowest BCUT2D eigenvalue weighted by atomic mass is 10.2. The van der Waals surface area contributed by atoms with Gasteiger partial charge in [0.1, 0.15) is 11.6 Å². The van der Waals surface area contributed by atoms with Crippen molar-refractivity contribution in [3.63, 3.8) is 0 Å². The van der Waals surface area contributed by atoms with E-state index in [2.05, 4.69) is 34.4 Å². The zero-order valence-corrected chi connectivity index (χ0v) is 16.4. The van der Waals surface area contributed by atoms with E-state index in [1.165, 1.54) is 0 Å². The van der Waals surface area contributed by atoms with E-state index < -0.39 is 0 Å². The zero-order chi connectivity index (χ0) is 19.9. The molecule has 0 radical (unpaired) electrons. The second kappa shape index (κ2) is 9.16. The Hall–Kier alpha value is -3.16. The minimum atomic E-state index is -0.120. The molecule has 1 unspecified atom stereocenters. The number of anilines is 1. The van der Waals surface area contributed by atoms with Gasteiger partial charge in [0.15, 0.2) is 0 Å². The number of ether oxygens (including phenoxy) is 1. The summed E-state index contributed by atoms with van der Waals surface area (Å²) in [5, 5.41) is 11.1. The fourth-order valence-corrected chi connectivity index (χ4v) is 2.70. The summed E-state index contributed by atoms with van der Waals surface area (Å²) in [7, 11) is 0. The Morgan fingerprint density at radius 1 is 1.25 bits per heavy atom. The summed E-state index contributed by atoms with van der Waals surface area (Å²) >= 11 is 0. The Balaban J connectivity index is 1.55. The van der Waals surface area contributed by atoms with E-state index in [1.54, 1.807) is 12.3 Å². The van der Waals surface area contributed by atoms with E-state index >= 15 is 0 Å². The van der Waals surface area contributed by atoms with Gasteiger partial charge in [-0.3, -0.25) is 4.79 Å². The van der Waals surface area contributed by atoms with Gasteiger partial charge >= 0.3 is 0 Å². The lowest BCUT2D eigenvalue weighted by molar-refractivity contribution is -0.116. The summed E-state index contributed by atoms with van der Waals surface area (Å²) in [5.41, 5.74) is 0.834. The summed E-state index contributed by atoms with van der Waals surface area (Å²) in [6.07, 6.45) is 3.23. The number of carbonyl (C=O) groups is 1. The van der Waals surface area contributed by atoms with Crippen LogP contribution in [0.3, 0.4) is 0 Å². The maximum Gasteiger partial charge on any atom is 0.227 e. The van der Waals surface area contributed by atoms with Gasteiger partial charge in [-0.25, -0.2) is 4.68 Å². The van der Waals surface area contributed by atoms with Crippen LogP contribution in [0.5, 0.6) is 5.75 Å². The molecule has 0 saturated carbocycles. The van der Waals surface area contributed by atoms with Crippen LogP contribution in [0.2, 0.25) is 0 Å². The van der Waals surface area contributed by atoms with Gasteiger partial charge in [-0.2, -0.15) is 10.1 Å². The highest BCUT2D eigenvalue weighted by Crippen LogP contribution is 2.21. The molecule has 1 aromatic carbocycles. The number of aryl methyl sites for hydroxylation is 1. The number of aromatic nitrogens is 4. The molecule has 8 nitrogen and oxygen atoms in total. The summed E-state index contributed by atoms with van der Waals surface area (Å²) in [6.45, 7) is 6.69. The van der Waals surface area contributed by atoms with Crippen molar-refractivity contribution >= 4 is 11.7 Å². The molecule has 1 N–H and O–H groups in total. The summed E-state index contributed by atoms with van der Waals surface area (Å²) < 4.78 is 12.5. The molecule has 3 aromatic rings. The number of benzene rings is 1. The molecule has 3 rings (SSSR count). The number of hydrogen-bond donors (Lipinski definition) is 1. The molecule has 0 aliphatic heterocycles. The number of nitrogens with one attached hydrogen (secondary N) is 1. The van der Waals surface area contributed by atoms with Crippen molar-refractivity contribution in [2.24, 2.45) is 0 Å². The molecule has 1 amide bonds. The van der Waals surface area contributed by atoms with E-state index in [4.69, 9.17) is 9.26 Å². The molecule has 8 heteroatoms. The van der Waals surface area contributed by atoms with Gasteiger partial charge in [0.2, 0.25) is 17.6 Å². The molecule has 2 aromatic heterocycles. The first-order valence-corrected chi connectivity index (χ1v) is 9.49. The molecule has 2 heterocycles. The van der Waals surface area contributed by atoms with Gasteiger partial charge in [-0.15, -0.1) is 0 Å². The maximum atomic E-state index is 12.3. The highest BCUT2D eigenvalue weighted by molar-refractivity contribution is 5.89. The van der Waals surface area contributed by atoms with E-state index in [1.807, 2.05) is 35.9 Å². The monoisotopic (exact) mass is 383 g/mol. The number of amides is 1. The van der Waals surface area contributed by atoms with Crippen molar-refractivity contribution in [3.05, 3.63) is 42.4 Å². The van der Waals surface area contributed by atoms with Crippen LogP contribution in [0.15, 0.2) is 41.1 Å². The average Bonchev–Trinajstić information content (AvgIpc) is 3.36. The van der Waals surface area contributed by atoms with Gasteiger partial charge < -0.3 is 14.6 Å². The highest BCUT2D eigenvalue weighted by atomic mass is 16.5. The molecule has 1 atom stereocenters. The van der Waals surface area contributed by atoms with E-state index in [-0.39, 0.29) is 18.4 Å². The smallest absolute Gasteiger partial charge is 0.227 e. The fraction of sp³-hybridized carbons (Fsp3) is 0.400. The third-order valence-electron chi connectivity index (χ3n) is 4.40. The topological polar surface area (TPSA) is 95.1 Å². The van der Waals surface area contributed by atoms with Crippen LogP contribution in [0.1, 0.15) is 45.5 Å². The minimum Gasteiger partial charge on any atom is -0.494 e. The molecule has 0 aliphatic carbocycles. The van der Waals surface area contributed by atoms with Crippen LogP contribution in [-0.2, 0) is 11.2 Å². The van der Waals surface area contributed by atoms with Crippen molar-refractivity contribution < 1.29 is 14.1 Å². The molecule has 0 spiro atoms. The van der Waals surface area contributed by atoms with E-state index in [0.717, 1.165) is 17.7 Å². The minimum absolute atomic E-state index is 0.120. The molecule has 148 valence electrons. The third-order valence-corrected chi connectivity index (χ3v) is 4.40. The third kappa shape index (κ3) is 4.76. The fourth-order valence-electron chi connectivity index (χ4n) is 2.70. The van der Waals surface area contributed by atoms with Crippen LogP contribution in [0.4, 0.5) is 5.82 Å². The van der Waals surface area contributed by atoms with Crippen LogP contribution in [0.25, 0.3) is 11.4 Å². The number of hydrogen-bond acceptors (Lipinski definition) is 6. The Morgan fingerprint density at radius 3 is 2.75 bits per heavy atom. The Morgan fingerprint density at radius 2 is 2.04 bits per heavy atom. The Labute approximate surface area is 163 Å². The number of rotatable bonds is 9. The van der Waals surface area contributed by atoms with Gasteiger partial charge in [0.05, 0.1) is 18.8 Å². The normalized spacial score (nSPS) is 12.0. The summed E-state index contributed by atoms with van der Waals surface area (Å²) in [6, 6.07) is 9.50. The highest BCUT2D eigenvalue weighted by Gasteiger charge is 2.14. The second-order valence-electron chi connectivity index (χ2n) is 6.44. The predicted molar refractivity (Wildman–Crippen MR) is 105 cm³/mol. The molecular weight excluding hydrogens is 358 g/mol. The summed E-state index contributed by atoms with van der Waals surface area (Å²) in [4.78, 5) is 16.6. The lowest BCUT2D eigenvalue weighted by Gasteiger charge is -2.13. The first kappa shape index (κ1) is 19.6. The van der Waals surface area contributed by atoms with Crippen LogP contribution < -0.4 is 10.1 Å². The maximum absolute atomic E-state index is 12.3. The first-order chi connectivity index (χ1) is 13.6. The van der Waals surface area contributed by atoms with Gasteiger partial charge in [0, 0.05) is 24.5 Å². The summed E-state index contributed by atoms with van der Waals surface area (Å²) in [5.74, 6) is 2.29. The Kier molecular flexibility index (Phi) is 6.41. The van der Waals surface area contributed by atoms with Gasteiger partial charge in [0.25, 0.3) is 0 Å². The van der Waals surface area contributed by atoms with E-state index in [9.17, 15) is 4.79 Å². The molecule has 0 bridgehead atoms. The van der Waals surface area contributed by atoms with Crippen molar-refractivity contribution in [3.8, 4) is 17.1 Å². The largest absolute Gasteiger partial charge is 0.494 e. The van der Waals surface area contributed by atoms with Crippen molar-refractivity contribution in [2.75, 3.05) is 11.9 Å². The molecule has 0 saturated heterocycles. The average molecular weight is 383 g/mol. The molecule has 0 aliphatic rings. The first-order valence-electron chi connectivity index (χ1n) is 9.49. The molecule has 28 heavy (non-hydrogen) atoms. The van der Waals surface area contributed by atoms with Gasteiger partial charge in [-0.1, -0.05) is 12.1 Å². The standard InChI is InChI=1S/C20H25N5O3/c1-4-14(3)25-17(12-13-21-25)22-18(26)10-11-19-23-20(24-28-19)15-6-8-16(9-7-15)27-5-2/h6-9,12-14H,4-5,10-11H2,1-3H3,(H,22,26). The van der Waals surface area contributed by atoms with Crippen molar-refractivity contribution in [2.45, 2.75) is 46.1 Å². The van der Waals surface area contributed by atoms with Crippen LogP contribution >= 0.6 is 0 Å². The Bertz CT molecular complexity index is 901. The predicted octanol–water partition coefficient (Wildman–Crippen LogP) is 3.87. The van der Waals surface area contributed by atoms with Gasteiger partial charge in [-0.05, 0) is 44.5 Å². The number of nitrogens with zero attached hydrogens (tertiary/aromatic N) is 4. The van der Waals surface area contributed by atoms with Crippen LogP contribution in [0, 0.1) is 0 Å². The van der Waals surface area contributed by atoms with Crippen molar-refractivity contribution in [1.29, 1.82) is 0 Å². The molecule has 0 fully saturated rings. The zero-order valence-electron chi connectivity index (χ0n) is 16.4. The van der Waals surface area contributed by atoms with Crippen LogP contribution in [-0.4, -0.2) is 32.4 Å². The quantitative estimate of drug-likeness (QED) is 0.603. The number of carbonyl (C=O) groups excluding carboxylic acids is 1. The van der Waals surface area contributed by atoms with E-state index in [0.29, 0.717) is 30.6 Å². The van der Waals surface area contributed by atoms with Crippen molar-refractivity contribution in [1.82, 2.24) is 19.9 Å². The lowest BCUT2D eigenvalue weighted by Crippen LogP contribution is -2.17.